The maximum absolute atomic E-state index is 14.3. The first-order valence-corrected chi connectivity index (χ1v) is 15.5. The molecule has 1 N–H and O–H groups in total. The largest absolute Gasteiger partial charge is 0.435 e. The summed E-state index contributed by atoms with van der Waals surface area (Å²) in [5.41, 5.74) is 0.626. The van der Waals surface area contributed by atoms with E-state index >= 15 is 0 Å². The first-order valence-electron chi connectivity index (χ1n) is 13.2. The van der Waals surface area contributed by atoms with Gasteiger partial charge in [0.25, 0.3) is 0 Å². The minimum atomic E-state index is -4.40. The number of hydrogen-bond donors (Lipinski definition) is 1. The molecule has 13 heteroatoms. The zero-order valence-electron chi connectivity index (χ0n) is 23.6. The number of hydrogen-bond acceptors (Lipinski definition) is 9. The summed E-state index contributed by atoms with van der Waals surface area (Å²) in [5.74, 6) is -2.27. The predicted octanol–water partition coefficient (Wildman–Crippen LogP) is 7.32. The summed E-state index contributed by atoms with van der Waals surface area (Å²) >= 11 is 12.3. The highest BCUT2D eigenvalue weighted by molar-refractivity contribution is 7.54. The Bertz CT molecular complexity index is 1440. The van der Waals surface area contributed by atoms with Crippen LogP contribution in [0.15, 0.2) is 91.0 Å². The Morgan fingerprint density at radius 3 is 1.77 bits per heavy atom. The number of amides is 1. The first-order chi connectivity index (χ1) is 21.1. The molecule has 0 fully saturated rings. The second-order valence-electron chi connectivity index (χ2n) is 9.09. The van der Waals surface area contributed by atoms with Gasteiger partial charge in [0.15, 0.2) is 0 Å². The van der Waals surface area contributed by atoms with Gasteiger partial charge in [-0.1, -0.05) is 89.9 Å². The number of rotatable bonds is 15. The summed E-state index contributed by atoms with van der Waals surface area (Å²) in [6, 6.07) is 22.4. The molecule has 0 aliphatic carbocycles. The molecule has 44 heavy (non-hydrogen) atoms. The molecule has 0 saturated carbocycles. The van der Waals surface area contributed by atoms with Crippen LogP contribution < -0.4 is 0 Å². The molecule has 0 aromatic heterocycles. The van der Waals surface area contributed by atoms with Crippen LogP contribution in [0.3, 0.4) is 0 Å². The molecule has 3 aromatic carbocycles. The minimum absolute atomic E-state index is 0.126. The third-order valence-electron chi connectivity index (χ3n) is 5.99. The van der Waals surface area contributed by atoms with Crippen molar-refractivity contribution in [2.75, 3.05) is 20.6 Å². The van der Waals surface area contributed by atoms with Crippen LogP contribution in [0.4, 0.5) is 0 Å². The molecule has 1 amide bonds. The van der Waals surface area contributed by atoms with Gasteiger partial charge in [0, 0.05) is 25.6 Å². The van der Waals surface area contributed by atoms with E-state index in [0.29, 0.717) is 10.6 Å². The highest BCUT2D eigenvalue weighted by Crippen LogP contribution is 2.63. The fourth-order valence-electron chi connectivity index (χ4n) is 3.74. The maximum Gasteiger partial charge on any atom is 0.343 e. The van der Waals surface area contributed by atoms with Crippen LogP contribution in [0.1, 0.15) is 35.2 Å². The van der Waals surface area contributed by atoms with Crippen LogP contribution in [0.25, 0.3) is 12.2 Å². The number of ether oxygens (including phenoxy) is 2. The zero-order valence-corrected chi connectivity index (χ0v) is 26.0. The van der Waals surface area contributed by atoms with Crippen LogP contribution in [0.5, 0.6) is 0 Å². The Morgan fingerprint density at radius 1 is 0.818 bits per heavy atom. The molecule has 3 aromatic rings. The summed E-state index contributed by atoms with van der Waals surface area (Å²) in [6.07, 6.45) is 4.93. The van der Waals surface area contributed by atoms with Gasteiger partial charge in [0.05, 0.1) is 15.7 Å². The van der Waals surface area contributed by atoms with Crippen LogP contribution in [-0.2, 0) is 37.5 Å². The standard InChI is InChI=1S/C31H30Cl2NO9P/c1-34(38)29(35)17-16-28(25-14-15-26(32)27(33)20-25)44(39,42-21-40-30(36)18-12-23-8-4-2-5-9-23)43-22-41-31(37)19-13-24-10-6-3-7-11-24/h2-15,18-20,28,38H,16-17,21-22H2,1H3/b18-12+,19-13+. The Balaban J connectivity index is 1.79. The van der Waals surface area contributed by atoms with Crippen molar-refractivity contribution in [1.29, 1.82) is 0 Å². The lowest BCUT2D eigenvalue weighted by Crippen LogP contribution is -2.23. The van der Waals surface area contributed by atoms with Crippen LogP contribution in [0.2, 0.25) is 10.0 Å². The Morgan fingerprint density at radius 2 is 1.32 bits per heavy atom. The predicted molar refractivity (Wildman–Crippen MR) is 166 cm³/mol. The topological polar surface area (TPSA) is 129 Å². The quantitative estimate of drug-likeness (QED) is 0.0445. The van der Waals surface area contributed by atoms with E-state index < -0.39 is 44.7 Å². The molecular formula is C31H30Cl2NO9P. The van der Waals surface area contributed by atoms with E-state index in [0.717, 1.165) is 30.3 Å². The molecule has 0 bridgehead atoms. The smallest absolute Gasteiger partial charge is 0.343 e. The van der Waals surface area contributed by atoms with Gasteiger partial charge in [-0.25, -0.2) is 14.7 Å². The number of nitrogens with zero attached hydrogens (tertiary/aromatic N) is 1. The summed E-state index contributed by atoms with van der Waals surface area (Å²) in [6.45, 7) is -1.61. The summed E-state index contributed by atoms with van der Waals surface area (Å²) in [4.78, 5) is 36.8. The molecule has 0 radical (unpaired) electrons. The second kappa shape index (κ2) is 17.5. The number of halogens is 2. The fraction of sp³-hybridized carbons (Fsp3) is 0.194. The fourth-order valence-corrected chi connectivity index (χ4v) is 5.85. The van der Waals surface area contributed by atoms with Crippen molar-refractivity contribution in [2.45, 2.75) is 18.5 Å². The van der Waals surface area contributed by atoms with Gasteiger partial charge >= 0.3 is 19.5 Å². The van der Waals surface area contributed by atoms with E-state index in [1.165, 1.54) is 30.4 Å². The molecular weight excluding hydrogens is 632 g/mol. The second-order valence-corrected chi connectivity index (χ2v) is 12.1. The maximum atomic E-state index is 14.3. The summed E-state index contributed by atoms with van der Waals surface area (Å²) in [7, 11) is -3.25. The normalized spacial score (nSPS) is 12.3. The van der Waals surface area contributed by atoms with Gasteiger partial charge in [-0.2, -0.15) is 0 Å². The lowest BCUT2D eigenvalue weighted by molar-refractivity contribution is -0.159. The Kier molecular flexibility index (Phi) is 13.8. The molecule has 10 nitrogen and oxygen atoms in total. The molecule has 0 aliphatic rings. The van der Waals surface area contributed by atoms with Crippen molar-refractivity contribution in [3.8, 4) is 0 Å². The van der Waals surface area contributed by atoms with E-state index in [2.05, 4.69) is 0 Å². The van der Waals surface area contributed by atoms with Crippen LogP contribution in [-0.4, -0.2) is 48.7 Å². The van der Waals surface area contributed by atoms with E-state index in [1.54, 1.807) is 48.5 Å². The lowest BCUT2D eigenvalue weighted by Gasteiger charge is -2.27. The monoisotopic (exact) mass is 661 g/mol. The van der Waals surface area contributed by atoms with Crippen molar-refractivity contribution in [3.05, 3.63) is 118 Å². The van der Waals surface area contributed by atoms with Gasteiger partial charge in [0.2, 0.25) is 19.5 Å². The lowest BCUT2D eigenvalue weighted by atomic mass is 10.1. The molecule has 0 aliphatic heterocycles. The Labute approximate surface area is 264 Å². The molecule has 1 atom stereocenters. The minimum Gasteiger partial charge on any atom is -0.435 e. The van der Waals surface area contributed by atoms with Gasteiger partial charge in [-0.15, -0.1) is 0 Å². The van der Waals surface area contributed by atoms with Gasteiger partial charge in [0.1, 0.15) is 0 Å². The van der Waals surface area contributed by atoms with Gasteiger partial charge in [-0.05, 0) is 47.4 Å². The molecule has 232 valence electrons. The van der Waals surface area contributed by atoms with Gasteiger partial charge in [-0.3, -0.25) is 23.6 Å². The number of esters is 2. The average Bonchev–Trinajstić information content (AvgIpc) is 3.01. The number of carbonyl (C=O) groups is 3. The van der Waals surface area contributed by atoms with Crippen LogP contribution >= 0.6 is 30.8 Å². The third-order valence-corrected chi connectivity index (χ3v) is 8.98. The first kappa shape index (κ1) is 34.7. The van der Waals surface area contributed by atoms with Crippen molar-refractivity contribution in [1.82, 2.24) is 5.06 Å². The summed E-state index contributed by atoms with van der Waals surface area (Å²) in [5, 5.41) is 10.3. The number of carbonyl (C=O) groups excluding carboxylic acids is 3. The van der Waals surface area contributed by atoms with Crippen molar-refractivity contribution in [2.24, 2.45) is 0 Å². The highest BCUT2D eigenvalue weighted by atomic mass is 35.5. The highest BCUT2D eigenvalue weighted by Gasteiger charge is 2.39. The van der Waals surface area contributed by atoms with Gasteiger partial charge < -0.3 is 9.47 Å². The summed E-state index contributed by atoms with van der Waals surface area (Å²) < 4.78 is 35.5. The Hall–Kier alpha value is -3.76. The average molecular weight is 662 g/mol. The molecule has 3 rings (SSSR count). The van der Waals surface area contributed by atoms with E-state index in [9.17, 15) is 24.2 Å². The van der Waals surface area contributed by atoms with E-state index in [4.69, 9.17) is 41.7 Å². The molecule has 0 heterocycles. The molecule has 0 spiro atoms. The SMILES string of the molecule is CN(O)C(=O)CCC(c1ccc(Cl)c(Cl)c1)P(=O)(OCOC(=O)/C=C/c1ccccc1)OCOC(=O)/C=C/c1ccccc1. The third kappa shape index (κ3) is 11.4. The van der Waals surface area contributed by atoms with Crippen molar-refractivity contribution >= 4 is 60.8 Å². The molecule has 1 unspecified atom stereocenters. The van der Waals surface area contributed by atoms with E-state index in [1.807, 2.05) is 12.1 Å². The zero-order chi connectivity index (χ0) is 32.0. The number of benzene rings is 3. The van der Waals surface area contributed by atoms with Crippen molar-refractivity contribution < 1.29 is 42.7 Å². The van der Waals surface area contributed by atoms with E-state index in [-0.39, 0.29) is 22.9 Å². The number of hydroxylamine groups is 2. The van der Waals surface area contributed by atoms with Crippen molar-refractivity contribution in [3.63, 3.8) is 0 Å². The molecule has 0 saturated heterocycles. The van der Waals surface area contributed by atoms with Crippen LogP contribution in [0, 0.1) is 0 Å².